The quantitative estimate of drug-likeness (QED) is 0.886. The second kappa shape index (κ2) is 7.47. The average Bonchev–Trinajstić information content (AvgIpc) is 3.01. The molecule has 128 valence electrons. The molecular weight excluding hydrogens is 307 g/mol. The van der Waals surface area contributed by atoms with Crippen molar-refractivity contribution in [1.82, 2.24) is 15.1 Å². The second-order valence-electron chi connectivity index (χ2n) is 6.43. The molecule has 1 aliphatic rings. The number of nitrogens with one attached hydrogen (secondary N) is 2. The van der Waals surface area contributed by atoms with Gasteiger partial charge >= 0.3 is 0 Å². The Morgan fingerprint density at radius 2 is 1.96 bits per heavy atom. The van der Waals surface area contributed by atoms with Gasteiger partial charge in [0.15, 0.2) is 0 Å². The molecule has 0 bridgehead atoms. The van der Waals surface area contributed by atoms with E-state index in [1.54, 1.807) is 12.1 Å². The maximum atomic E-state index is 12.8. The van der Waals surface area contributed by atoms with Crippen LogP contribution in [0.15, 0.2) is 36.7 Å². The van der Waals surface area contributed by atoms with E-state index in [1.807, 2.05) is 17.8 Å². The minimum Gasteiger partial charge on any atom is -0.376 e. The molecule has 0 radical (unpaired) electrons. The third-order valence-corrected chi connectivity index (χ3v) is 4.46. The maximum Gasteiger partial charge on any atom is 0.239 e. The van der Waals surface area contributed by atoms with Crippen molar-refractivity contribution in [2.75, 3.05) is 11.9 Å². The summed E-state index contributed by atoms with van der Waals surface area (Å²) in [4.78, 5) is 12.0. The van der Waals surface area contributed by atoms with Crippen LogP contribution in [0.4, 0.5) is 10.1 Å². The van der Waals surface area contributed by atoms with E-state index in [9.17, 15) is 9.18 Å². The lowest BCUT2D eigenvalue weighted by Crippen LogP contribution is -2.40. The van der Waals surface area contributed by atoms with E-state index in [-0.39, 0.29) is 24.3 Å². The van der Waals surface area contributed by atoms with Crippen molar-refractivity contribution in [2.45, 2.75) is 44.7 Å². The van der Waals surface area contributed by atoms with E-state index in [0.29, 0.717) is 6.04 Å². The molecule has 0 unspecified atom stereocenters. The Morgan fingerprint density at radius 3 is 2.58 bits per heavy atom. The highest BCUT2D eigenvalue weighted by atomic mass is 19.1. The number of aryl methyl sites for hydroxylation is 1. The first-order valence-corrected chi connectivity index (χ1v) is 8.40. The largest absolute Gasteiger partial charge is 0.376 e. The second-order valence-corrected chi connectivity index (χ2v) is 6.43. The van der Waals surface area contributed by atoms with Gasteiger partial charge in [0.2, 0.25) is 5.91 Å². The molecule has 0 aliphatic heterocycles. The molecule has 1 heterocycles. The molecule has 2 N–H and O–H groups in total. The Kier molecular flexibility index (Phi) is 5.13. The van der Waals surface area contributed by atoms with Crippen molar-refractivity contribution >= 4 is 11.6 Å². The van der Waals surface area contributed by atoms with Crippen LogP contribution in [-0.2, 0) is 4.79 Å². The summed E-state index contributed by atoms with van der Waals surface area (Å²) in [7, 11) is 0. The van der Waals surface area contributed by atoms with Crippen molar-refractivity contribution in [3.8, 4) is 0 Å². The smallest absolute Gasteiger partial charge is 0.239 e. The average molecular weight is 330 g/mol. The van der Waals surface area contributed by atoms with Gasteiger partial charge in [-0.25, -0.2) is 4.39 Å². The van der Waals surface area contributed by atoms with Crippen LogP contribution in [0, 0.1) is 12.7 Å². The Balaban J connectivity index is 1.40. The van der Waals surface area contributed by atoms with Crippen molar-refractivity contribution < 1.29 is 9.18 Å². The lowest BCUT2D eigenvalue weighted by atomic mass is 9.91. The third kappa shape index (κ3) is 4.34. The molecule has 24 heavy (non-hydrogen) atoms. The van der Waals surface area contributed by atoms with E-state index in [4.69, 9.17) is 0 Å². The molecule has 1 aliphatic carbocycles. The van der Waals surface area contributed by atoms with Crippen LogP contribution >= 0.6 is 0 Å². The van der Waals surface area contributed by atoms with Gasteiger partial charge in [0, 0.05) is 17.9 Å². The lowest BCUT2D eigenvalue weighted by Gasteiger charge is -2.29. The molecule has 1 saturated carbocycles. The van der Waals surface area contributed by atoms with Crippen LogP contribution in [0.3, 0.4) is 0 Å². The zero-order chi connectivity index (χ0) is 16.9. The first kappa shape index (κ1) is 16.5. The summed E-state index contributed by atoms with van der Waals surface area (Å²) >= 11 is 0. The first-order chi connectivity index (χ1) is 11.6. The predicted octanol–water partition coefficient (Wildman–Crippen LogP) is 3.04. The highest BCUT2D eigenvalue weighted by Crippen LogP contribution is 2.28. The first-order valence-electron chi connectivity index (χ1n) is 8.40. The summed E-state index contributed by atoms with van der Waals surface area (Å²) in [6, 6.07) is 6.65. The number of hydrogen-bond acceptors (Lipinski definition) is 3. The van der Waals surface area contributed by atoms with Crippen molar-refractivity contribution in [1.29, 1.82) is 0 Å². The number of carbonyl (C=O) groups excluding carboxylic acids is 1. The molecule has 0 spiro atoms. The molecule has 2 aromatic rings. The highest BCUT2D eigenvalue weighted by molar-refractivity contribution is 5.80. The Bertz CT molecular complexity index is 675. The number of halogens is 1. The van der Waals surface area contributed by atoms with E-state index in [0.717, 1.165) is 31.4 Å². The Hall–Kier alpha value is -2.37. The standard InChI is InChI=1S/C18H23FN4O/c1-13-10-21-23(12-13)17-8-6-16(7-9-17)22-18(24)11-20-15-4-2-14(19)3-5-15/h2-5,10,12,16-17,20H,6-9,11H2,1H3,(H,22,24). The van der Waals surface area contributed by atoms with E-state index < -0.39 is 0 Å². The van der Waals surface area contributed by atoms with Gasteiger partial charge < -0.3 is 10.6 Å². The molecular formula is C18H23FN4O. The van der Waals surface area contributed by atoms with Gasteiger partial charge in [0.1, 0.15) is 5.82 Å². The number of carbonyl (C=O) groups is 1. The van der Waals surface area contributed by atoms with Gasteiger partial charge in [-0.05, 0) is 62.4 Å². The normalized spacial score (nSPS) is 20.6. The summed E-state index contributed by atoms with van der Waals surface area (Å²) in [5, 5.41) is 10.5. The van der Waals surface area contributed by atoms with Crippen LogP contribution in [0.2, 0.25) is 0 Å². The number of aromatic nitrogens is 2. The van der Waals surface area contributed by atoms with Crippen LogP contribution in [0.1, 0.15) is 37.3 Å². The monoisotopic (exact) mass is 330 g/mol. The lowest BCUT2D eigenvalue weighted by molar-refractivity contribution is -0.120. The van der Waals surface area contributed by atoms with Gasteiger partial charge in [-0.2, -0.15) is 5.10 Å². The molecule has 1 amide bonds. The van der Waals surface area contributed by atoms with E-state index >= 15 is 0 Å². The van der Waals surface area contributed by atoms with Crippen LogP contribution < -0.4 is 10.6 Å². The molecule has 1 aromatic heterocycles. The Labute approximate surface area is 141 Å². The van der Waals surface area contributed by atoms with Gasteiger partial charge in [-0.3, -0.25) is 9.48 Å². The SMILES string of the molecule is Cc1cnn(C2CCC(NC(=O)CNc3ccc(F)cc3)CC2)c1. The minimum absolute atomic E-state index is 0.0299. The van der Waals surface area contributed by atoms with Gasteiger partial charge in [0.05, 0.1) is 18.8 Å². The zero-order valence-corrected chi connectivity index (χ0v) is 13.8. The fraction of sp³-hybridized carbons (Fsp3) is 0.444. The van der Waals surface area contributed by atoms with Crippen molar-refractivity contribution in [2.24, 2.45) is 0 Å². The predicted molar refractivity (Wildman–Crippen MR) is 91.3 cm³/mol. The van der Waals surface area contributed by atoms with E-state index in [2.05, 4.69) is 21.9 Å². The molecule has 0 atom stereocenters. The summed E-state index contributed by atoms with van der Waals surface area (Å²) in [5.74, 6) is -0.313. The van der Waals surface area contributed by atoms with Gasteiger partial charge in [-0.1, -0.05) is 0 Å². The molecule has 1 fully saturated rings. The number of anilines is 1. The van der Waals surface area contributed by atoms with Crippen molar-refractivity contribution in [3.63, 3.8) is 0 Å². The maximum absolute atomic E-state index is 12.8. The van der Waals surface area contributed by atoms with E-state index in [1.165, 1.54) is 17.7 Å². The van der Waals surface area contributed by atoms with Crippen LogP contribution in [0.25, 0.3) is 0 Å². The molecule has 5 nitrogen and oxygen atoms in total. The molecule has 6 heteroatoms. The molecule has 3 rings (SSSR count). The highest BCUT2D eigenvalue weighted by Gasteiger charge is 2.23. The van der Waals surface area contributed by atoms with Gasteiger partial charge in [0.25, 0.3) is 0 Å². The summed E-state index contributed by atoms with van der Waals surface area (Å²) in [6.45, 7) is 2.24. The van der Waals surface area contributed by atoms with Crippen LogP contribution in [0.5, 0.6) is 0 Å². The molecule has 1 aromatic carbocycles. The number of rotatable bonds is 5. The summed E-state index contributed by atoms with van der Waals surface area (Å²) in [6.07, 6.45) is 7.94. The number of amides is 1. The summed E-state index contributed by atoms with van der Waals surface area (Å²) in [5.41, 5.74) is 1.92. The summed E-state index contributed by atoms with van der Waals surface area (Å²) < 4.78 is 14.9. The fourth-order valence-electron chi connectivity index (χ4n) is 3.15. The topological polar surface area (TPSA) is 59.0 Å². The van der Waals surface area contributed by atoms with Gasteiger partial charge in [-0.15, -0.1) is 0 Å². The van der Waals surface area contributed by atoms with Crippen LogP contribution in [-0.4, -0.2) is 28.3 Å². The molecule has 0 saturated heterocycles. The number of benzene rings is 1. The fourth-order valence-corrected chi connectivity index (χ4v) is 3.15. The third-order valence-electron chi connectivity index (χ3n) is 4.46. The Morgan fingerprint density at radius 1 is 1.25 bits per heavy atom. The van der Waals surface area contributed by atoms with Crippen molar-refractivity contribution in [3.05, 3.63) is 48.0 Å². The zero-order valence-electron chi connectivity index (χ0n) is 13.8. The number of hydrogen-bond donors (Lipinski definition) is 2. The minimum atomic E-state index is -0.283. The number of nitrogens with zero attached hydrogens (tertiary/aromatic N) is 2.